The van der Waals surface area contributed by atoms with Gasteiger partial charge in [-0.1, -0.05) is 41.9 Å². The second-order valence-corrected chi connectivity index (χ2v) is 4.81. The number of esters is 1. The predicted molar refractivity (Wildman–Crippen MR) is 82.1 cm³/mol. The number of carbonyl (C=O) groups is 1. The van der Waals surface area contributed by atoms with Crippen LogP contribution in [-0.4, -0.2) is 13.1 Å². The number of ether oxygens (including phenoxy) is 1. The molecule has 0 atom stereocenters. The number of carbonyl (C=O) groups excluding carboxylic acids is 1. The molecule has 0 heterocycles. The van der Waals surface area contributed by atoms with E-state index >= 15 is 0 Å². The Balaban J connectivity index is 2.47. The lowest BCUT2D eigenvalue weighted by Crippen LogP contribution is -2.03. The van der Waals surface area contributed by atoms with E-state index in [1.165, 1.54) is 12.7 Å². The van der Waals surface area contributed by atoms with Crippen molar-refractivity contribution in [1.29, 1.82) is 0 Å². The normalized spacial score (nSPS) is 10.1. The minimum absolute atomic E-state index is 0.369. The van der Waals surface area contributed by atoms with Gasteiger partial charge in [-0.15, -0.1) is 6.58 Å². The van der Waals surface area contributed by atoms with Crippen LogP contribution in [0, 0.1) is 0 Å². The smallest absolute Gasteiger partial charge is 0.338 e. The van der Waals surface area contributed by atoms with Gasteiger partial charge in [0.25, 0.3) is 0 Å². The highest BCUT2D eigenvalue weighted by Crippen LogP contribution is 2.28. The standard InChI is InChI=1S/C17H15ClO2/c1-3-4-12-5-7-13(8-6-12)16-11-14(18)9-10-15(16)17(19)20-2/h3,5-11H,1,4H2,2H3. The van der Waals surface area contributed by atoms with Crippen molar-refractivity contribution in [2.45, 2.75) is 6.42 Å². The Morgan fingerprint density at radius 1 is 1.25 bits per heavy atom. The van der Waals surface area contributed by atoms with Crippen molar-refractivity contribution in [2.24, 2.45) is 0 Å². The van der Waals surface area contributed by atoms with Gasteiger partial charge in [-0.2, -0.15) is 0 Å². The van der Waals surface area contributed by atoms with E-state index in [9.17, 15) is 4.79 Å². The third-order valence-electron chi connectivity index (χ3n) is 3.03. The molecule has 0 spiro atoms. The topological polar surface area (TPSA) is 26.3 Å². The largest absolute Gasteiger partial charge is 0.465 e. The van der Waals surface area contributed by atoms with E-state index in [4.69, 9.17) is 16.3 Å². The summed E-state index contributed by atoms with van der Waals surface area (Å²) in [7, 11) is 1.37. The highest BCUT2D eigenvalue weighted by atomic mass is 35.5. The predicted octanol–water partition coefficient (Wildman–Crippen LogP) is 4.52. The highest BCUT2D eigenvalue weighted by molar-refractivity contribution is 6.31. The molecule has 0 fully saturated rings. The molecule has 2 nitrogen and oxygen atoms in total. The molecular formula is C17H15ClO2. The summed E-state index contributed by atoms with van der Waals surface area (Å²) in [4.78, 5) is 11.8. The average molecular weight is 287 g/mol. The van der Waals surface area contributed by atoms with Crippen LogP contribution in [0.5, 0.6) is 0 Å². The molecule has 102 valence electrons. The SMILES string of the molecule is C=CCc1ccc(-c2cc(Cl)ccc2C(=O)OC)cc1. The first kappa shape index (κ1) is 14.4. The zero-order valence-electron chi connectivity index (χ0n) is 11.2. The molecule has 3 heteroatoms. The molecule has 2 aromatic carbocycles. The first-order valence-corrected chi connectivity index (χ1v) is 6.61. The Bertz CT molecular complexity index is 630. The van der Waals surface area contributed by atoms with Gasteiger partial charge in [0.2, 0.25) is 0 Å². The maximum absolute atomic E-state index is 11.8. The molecular weight excluding hydrogens is 272 g/mol. The van der Waals surface area contributed by atoms with E-state index < -0.39 is 0 Å². The molecule has 2 aromatic rings. The van der Waals surface area contributed by atoms with E-state index in [-0.39, 0.29) is 5.97 Å². The molecule has 0 aliphatic rings. The van der Waals surface area contributed by atoms with Crippen molar-refractivity contribution in [2.75, 3.05) is 7.11 Å². The van der Waals surface area contributed by atoms with E-state index in [2.05, 4.69) is 6.58 Å². The van der Waals surface area contributed by atoms with Crippen LogP contribution in [0.25, 0.3) is 11.1 Å². The second-order valence-electron chi connectivity index (χ2n) is 4.37. The summed E-state index contributed by atoms with van der Waals surface area (Å²) in [6.45, 7) is 3.72. The van der Waals surface area contributed by atoms with Crippen LogP contribution >= 0.6 is 11.6 Å². The summed E-state index contributed by atoms with van der Waals surface area (Å²) < 4.78 is 4.81. The number of allylic oxidation sites excluding steroid dienone is 1. The molecule has 0 aliphatic heterocycles. The summed E-state index contributed by atoms with van der Waals surface area (Å²) in [6, 6.07) is 13.1. The van der Waals surface area contributed by atoms with Gasteiger partial charge in [0.1, 0.15) is 0 Å². The van der Waals surface area contributed by atoms with Crippen LogP contribution in [0.2, 0.25) is 5.02 Å². The van der Waals surface area contributed by atoms with Crippen LogP contribution in [0.1, 0.15) is 15.9 Å². The van der Waals surface area contributed by atoms with Gasteiger partial charge in [-0.3, -0.25) is 0 Å². The van der Waals surface area contributed by atoms with Crippen molar-refractivity contribution in [1.82, 2.24) is 0 Å². The highest BCUT2D eigenvalue weighted by Gasteiger charge is 2.13. The minimum atomic E-state index is -0.369. The molecule has 0 aliphatic carbocycles. The molecule has 0 amide bonds. The third kappa shape index (κ3) is 3.09. The van der Waals surface area contributed by atoms with Crippen LogP contribution in [0.15, 0.2) is 55.1 Å². The molecule has 0 radical (unpaired) electrons. The number of halogens is 1. The maximum Gasteiger partial charge on any atom is 0.338 e. The van der Waals surface area contributed by atoms with E-state index in [1.54, 1.807) is 18.2 Å². The summed E-state index contributed by atoms with van der Waals surface area (Å²) >= 11 is 6.03. The molecule has 0 N–H and O–H groups in total. The molecule has 0 saturated carbocycles. The quantitative estimate of drug-likeness (QED) is 0.610. The van der Waals surface area contributed by atoms with Gasteiger partial charge < -0.3 is 4.74 Å². The molecule has 0 aromatic heterocycles. The molecule has 0 bridgehead atoms. The lowest BCUT2D eigenvalue weighted by atomic mass is 9.98. The molecule has 0 saturated heterocycles. The molecule has 2 rings (SSSR count). The van der Waals surface area contributed by atoms with Gasteiger partial charge in [0, 0.05) is 5.02 Å². The van der Waals surface area contributed by atoms with Crippen molar-refractivity contribution in [3.63, 3.8) is 0 Å². The van der Waals surface area contributed by atoms with Crippen LogP contribution in [0.3, 0.4) is 0 Å². The van der Waals surface area contributed by atoms with Crippen LogP contribution in [-0.2, 0) is 11.2 Å². The summed E-state index contributed by atoms with van der Waals surface area (Å²) in [5, 5.41) is 0.586. The Labute approximate surface area is 123 Å². The minimum Gasteiger partial charge on any atom is -0.465 e. The second kappa shape index (κ2) is 6.40. The van der Waals surface area contributed by atoms with Crippen molar-refractivity contribution < 1.29 is 9.53 Å². The first-order chi connectivity index (χ1) is 9.65. The zero-order chi connectivity index (χ0) is 14.5. The lowest BCUT2D eigenvalue weighted by Gasteiger charge is -2.09. The number of methoxy groups -OCH3 is 1. The van der Waals surface area contributed by atoms with Crippen molar-refractivity contribution in [3.8, 4) is 11.1 Å². The van der Waals surface area contributed by atoms with Gasteiger partial charge >= 0.3 is 5.97 Å². The monoisotopic (exact) mass is 286 g/mol. The van der Waals surface area contributed by atoms with E-state index in [0.717, 1.165) is 17.5 Å². The maximum atomic E-state index is 11.8. The average Bonchev–Trinajstić information content (AvgIpc) is 2.47. The third-order valence-corrected chi connectivity index (χ3v) is 3.27. The molecule has 20 heavy (non-hydrogen) atoms. The number of benzene rings is 2. The van der Waals surface area contributed by atoms with E-state index in [0.29, 0.717) is 10.6 Å². The Kier molecular flexibility index (Phi) is 4.59. The Hall–Kier alpha value is -2.06. The fourth-order valence-electron chi connectivity index (χ4n) is 2.03. The summed E-state index contributed by atoms with van der Waals surface area (Å²) in [5.74, 6) is -0.369. The van der Waals surface area contributed by atoms with Crippen LogP contribution < -0.4 is 0 Å². The van der Waals surface area contributed by atoms with Gasteiger partial charge in [0.15, 0.2) is 0 Å². The fraction of sp³-hybridized carbons (Fsp3) is 0.118. The Morgan fingerprint density at radius 2 is 1.95 bits per heavy atom. The van der Waals surface area contributed by atoms with Crippen molar-refractivity contribution >= 4 is 17.6 Å². The van der Waals surface area contributed by atoms with Crippen LogP contribution in [0.4, 0.5) is 0 Å². The number of rotatable bonds is 4. The summed E-state index contributed by atoms with van der Waals surface area (Å²) in [6.07, 6.45) is 2.67. The first-order valence-electron chi connectivity index (χ1n) is 6.23. The summed E-state index contributed by atoms with van der Waals surface area (Å²) in [5.41, 5.74) is 3.38. The number of hydrogen-bond donors (Lipinski definition) is 0. The van der Waals surface area contributed by atoms with Gasteiger partial charge in [-0.25, -0.2) is 4.79 Å². The van der Waals surface area contributed by atoms with E-state index in [1.807, 2.05) is 30.3 Å². The van der Waals surface area contributed by atoms with Gasteiger partial charge in [-0.05, 0) is 41.3 Å². The van der Waals surface area contributed by atoms with Gasteiger partial charge in [0.05, 0.1) is 12.7 Å². The lowest BCUT2D eigenvalue weighted by molar-refractivity contribution is 0.0601. The fourth-order valence-corrected chi connectivity index (χ4v) is 2.20. The zero-order valence-corrected chi connectivity index (χ0v) is 12.0. The Morgan fingerprint density at radius 3 is 2.55 bits per heavy atom. The van der Waals surface area contributed by atoms with Crippen molar-refractivity contribution in [3.05, 3.63) is 71.3 Å². The molecule has 0 unspecified atom stereocenters. The number of hydrogen-bond acceptors (Lipinski definition) is 2.